The van der Waals surface area contributed by atoms with E-state index in [0.717, 1.165) is 44.2 Å². The van der Waals surface area contributed by atoms with E-state index in [1.165, 1.54) is 0 Å². The highest BCUT2D eigenvalue weighted by Gasteiger charge is 2.36. The monoisotopic (exact) mass is 390 g/mol. The number of amides is 1. The second-order valence-corrected chi connectivity index (χ2v) is 8.83. The summed E-state index contributed by atoms with van der Waals surface area (Å²) in [6.45, 7) is 10.1. The summed E-state index contributed by atoms with van der Waals surface area (Å²) in [5, 5.41) is 7.66. The molecule has 2 aliphatic heterocycles. The molecule has 1 amide bonds. The predicted octanol–water partition coefficient (Wildman–Crippen LogP) is 1.49. The summed E-state index contributed by atoms with van der Waals surface area (Å²) in [4.78, 5) is 20.9. The predicted molar refractivity (Wildman–Crippen MR) is 110 cm³/mol. The van der Waals surface area contributed by atoms with Crippen molar-refractivity contribution in [2.45, 2.75) is 39.7 Å². The van der Waals surface area contributed by atoms with Gasteiger partial charge >= 0.3 is 0 Å². The summed E-state index contributed by atoms with van der Waals surface area (Å²) in [6, 6.07) is 0. The molecule has 3 heterocycles. The number of guanidine groups is 1. The molecule has 1 N–H and O–H groups in total. The van der Waals surface area contributed by atoms with Gasteiger partial charge < -0.3 is 19.9 Å². The van der Waals surface area contributed by atoms with Gasteiger partial charge in [-0.05, 0) is 18.3 Å². The lowest BCUT2D eigenvalue weighted by Crippen LogP contribution is -2.56. The summed E-state index contributed by atoms with van der Waals surface area (Å²) >= 11 is 0. The third-order valence-electron chi connectivity index (χ3n) is 5.56. The molecule has 28 heavy (non-hydrogen) atoms. The van der Waals surface area contributed by atoms with Crippen molar-refractivity contribution in [3.05, 3.63) is 12.4 Å². The highest BCUT2D eigenvalue weighted by atomic mass is 16.5. The molecule has 0 aromatic carbocycles. The van der Waals surface area contributed by atoms with Gasteiger partial charge in [-0.15, -0.1) is 0 Å². The van der Waals surface area contributed by atoms with Crippen LogP contribution in [0.25, 0.3) is 0 Å². The molecule has 0 radical (unpaired) electrons. The van der Waals surface area contributed by atoms with E-state index >= 15 is 0 Å². The van der Waals surface area contributed by atoms with Crippen LogP contribution in [0.1, 0.15) is 33.6 Å². The van der Waals surface area contributed by atoms with Crippen LogP contribution in [0.2, 0.25) is 0 Å². The number of carbonyl (C=O) groups is 1. The minimum atomic E-state index is 0.0655. The first kappa shape index (κ1) is 20.6. The molecule has 1 aromatic heterocycles. The largest absolute Gasteiger partial charge is 0.377 e. The van der Waals surface area contributed by atoms with Crippen molar-refractivity contribution in [2.75, 3.05) is 44.7 Å². The Kier molecular flexibility index (Phi) is 6.27. The van der Waals surface area contributed by atoms with Gasteiger partial charge in [-0.3, -0.25) is 14.5 Å². The summed E-state index contributed by atoms with van der Waals surface area (Å²) in [7, 11) is 3.63. The van der Waals surface area contributed by atoms with E-state index < -0.39 is 0 Å². The molecule has 0 spiro atoms. The number of hydrogen-bond acceptors (Lipinski definition) is 4. The maximum atomic E-state index is 12.7. The Labute approximate surface area is 167 Å². The first-order valence-electron chi connectivity index (χ1n) is 10.2. The Morgan fingerprint density at radius 1 is 1.39 bits per heavy atom. The normalized spacial score (nSPS) is 24.6. The number of hydrogen-bond donors (Lipinski definition) is 1. The van der Waals surface area contributed by atoms with E-state index in [2.05, 4.69) is 36.2 Å². The molecule has 2 fully saturated rings. The second kappa shape index (κ2) is 8.51. The van der Waals surface area contributed by atoms with Crippen LogP contribution in [0.5, 0.6) is 0 Å². The first-order chi connectivity index (χ1) is 13.3. The molecular weight excluding hydrogens is 356 g/mol. The third kappa shape index (κ3) is 4.66. The van der Waals surface area contributed by atoms with Gasteiger partial charge in [-0.1, -0.05) is 20.8 Å². The Morgan fingerprint density at radius 2 is 2.18 bits per heavy atom. The highest BCUT2D eigenvalue weighted by Crippen LogP contribution is 2.33. The van der Waals surface area contributed by atoms with Crippen molar-refractivity contribution in [2.24, 2.45) is 23.4 Å². The standard InChI is InChI=1S/C20H34N6O2/c1-20(2,3)18-15(7-6-10-28-18)11-22-19(21-4)25-8-9-26(17(27)14-25)16-12-23-24(5)13-16/h12-13,15,18H,6-11,14H2,1-5H3,(H,21,22). The van der Waals surface area contributed by atoms with Crippen molar-refractivity contribution >= 4 is 17.6 Å². The fourth-order valence-electron chi connectivity index (χ4n) is 4.24. The first-order valence-corrected chi connectivity index (χ1v) is 10.2. The molecular formula is C20H34N6O2. The van der Waals surface area contributed by atoms with Crippen LogP contribution in [0.3, 0.4) is 0 Å². The topological polar surface area (TPSA) is 75.0 Å². The van der Waals surface area contributed by atoms with Crippen LogP contribution >= 0.6 is 0 Å². The Morgan fingerprint density at radius 3 is 2.79 bits per heavy atom. The fraction of sp³-hybridized carbons (Fsp3) is 0.750. The van der Waals surface area contributed by atoms with Gasteiger partial charge in [-0.2, -0.15) is 5.10 Å². The quantitative estimate of drug-likeness (QED) is 0.625. The van der Waals surface area contributed by atoms with Crippen molar-refractivity contribution < 1.29 is 9.53 Å². The molecule has 1 aromatic rings. The van der Waals surface area contributed by atoms with Crippen LogP contribution in [0.4, 0.5) is 5.69 Å². The molecule has 8 heteroatoms. The molecule has 2 atom stereocenters. The van der Waals surface area contributed by atoms with Crippen LogP contribution in [0.15, 0.2) is 17.4 Å². The van der Waals surface area contributed by atoms with Gasteiger partial charge in [0.05, 0.1) is 18.0 Å². The van der Waals surface area contributed by atoms with Crippen molar-refractivity contribution in [1.82, 2.24) is 20.0 Å². The minimum absolute atomic E-state index is 0.0655. The smallest absolute Gasteiger partial charge is 0.246 e. The maximum Gasteiger partial charge on any atom is 0.246 e. The number of nitrogens with one attached hydrogen (secondary N) is 1. The van der Waals surface area contributed by atoms with E-state index in [1.54, 1.807) is 22.8 Å². The molecule has 0 saturated carbocycles. The number of nitrogens with zero attached hydrogens (tertiary/aromatic N) is 5. The molecule has 156 valence electrons. The van der Waals surface area contributed by atoms with Gasteiger partial charge in [0.1, 0.15) is 6.54 Å². The lowest BCUT2D eigenvalue weighted by Gasteiger charge is -2.41. The molecule has 2 aliphatic rings. The minimum Gasteiger partial charge on any atom is -0.377 e. The second-order valence-electron chi connectivity index (χ2n) is 8.83. The van der Waals surface area contributed by atoms with Crippen LogP contribution in [-0.4, -0.2) is 72.5 Å². The Hall–Kier alpha value is -2.09. The van der Waals surface area contributed by atoms with Crippen molar-refractivity contribution in [1.29, 1.82) is 0 Å². The van der Waals surface area contributed by atoms with Crippen LogP contribution < -0.4 is 10.2 Å². The van der Waals surface area contributed by atoms with Crippen LogP contribution in [-0.2, 0) is 16.6 Å². The highest BCUT2D eigenvalue weighted by molar-refractivity contribution is 5.98. The Balaban J connectivity index is 1.58. The Bertz CT molecular complexity index is 708. The molecule has 2 unspecified atom stereocenters. The van der Waals surface area contributed by atoms with Crippen molar-refractivity contribution in [3.8, 4) is 0 Å². The van der Waals surface area contributed by atoms with Gasteiger partial charge in [0.2, 0.25) is 5.91 Å². The average molecular weight is 391 g/mol. The number of carbonyl (C=O) groups excluding carboxylic acids is 1. The molecule has 0 bridgehead atoms. The van der Waals surface area contributed by atoms with E-state index in [9.17, 15) is 4.79 Å². The number of aliphatic imine (C=N–C) groups is 1. The van der Waals surface area contributed by atoms with Gasteiger partial charge in [0.15, 0.2) is 5.96 Å². The van der Waals surface area contributed by atoms with E-state index in [0.29, 0.717) is 19.0 Å². The SMILES string of the molecule is CN=C(NCC1CCCOC1C(C)(C)C)N1CCN(c2cnn(C)c2)C(=O)C1. The number of piperazine rings is 1. The van der Waals surface area contributed by atoms with E-state index in [1.807, 2.05) is 18.1 Å². The number of ether oxygens (including phenoxy) is 1. The van der Waals surface area contributed by atoms with Crippen molar-refractivity contribution in [3.63, 3.8) is 0 Å². The summed E-state index contributed by atoms with van der Waals surface area (Å²) in [6.07, 6.45) is 6.09. The number of aryl methyl sites for hydroxylation is 1. The zero-order valence-electron chi connectivity index (χ0n) is 17.8. The summed E-state index contributed by atoms with van der Waals surface area (Å²) in [5.41, 5.74) is 0.962. The third-order valence-corrected chi connectivity index (χ3v) is 5.56. The van der Waals surface area contributed by atoms with Gasteiger partial charge in [0, 0.05) is 52.5 Å². The lowest BCUT2D eigenvalue weighted by molar-refractivity contribution is -0.120. The van der Waals surface area contributed by atoms with Crippen LogP contribution in [0, 0.1) is 11.3 Å². The molecule has 2 saturated heterocycles. The zero-order valence-corrected chi connectivity index (χ0v) is 17.8. The maximum absolute atomic E-state index is 12.7. The number of rotatable bonds is 3. The van der Waals surface area contributed by atoms with Gasteiger partial charge in [-0.25, -0.2) is 0 Å². The van der Waals surface area contributed by atoms with E-state index in [-0.39, 0.29) is 17.4 Å². The lowest BCUT2D eigenvalue weighted by atomic mass is 9.78. The zero-order chi connectivity index (χ0) is 20.3. The molecule has 0 aliphatic carbocycles. The number of aromatic nitrogens is 2. The van der Waals surface area contributed by atoms with Gasteiger partial charge in [0.25, 0.3) is 0 Å². The number of anilines is 1. The summed E-state index contributed by atoms with van der Waals surface area (Å²) in [5.74, 6) is 1.30. The van der Waals surface area contributed by atoms with E-state index in [4.69, 9.17) is 4.74 Å². The average Bonchev–Trinajstić information content (AvgIpc) is 3.08. The summed E-state index contributed by atoms with van der Waals surface area (Å²) < 4.78 is 7.80. The molecule has 3 rings (SSSR count). The fourth-order valence-corrected chi connectivity index (χ4v) is 4.24. The molecule has 8 nitrogen and oxygen atoms in total.